The standard InChI is InChI=1S/C10H12N4O2/c1-2-16-10(15)9-4-6-12-14(9)7-8-3-5-11-13-8/h3-6H,2,7H2,1H3,(H,11,13). The van der Waals surface area contributed by atoms with E-state index in [1.807, 2.05) is 6.07 Å². The fraction of sp³-hybridized carbons (Fsp3) is 0.300. The molecule has 0 fully saturated rings. The monoisotopic (exact) mass is 220 g/mol. The van der Waals surface area contributed by atoms with Crippen LogP contribution in [-0.4, -0.2) is 32.6 Å². The van der Waals surface area contributed by atoms with Gasteiger partial charge in [0, 0.05) is 12.4 Å². The number of rotatable bonds is 4. The number of carbonyl (C=O) groups excluding carboxylic acids is 1. The number of H-pyrrole nitrogens is 1. The van der Waals surface area contributed by atoms with E-state index in [-0.39, 0.29) is 5.97 Å². The van der Waals surface area contributed by atoms with Gasteiger partial charge in [-0.15, -0.1) is 0 Å². The molecule has 0 atom stereocenters. The molecule has 0 aliphatic carbocycles. The van der Waals surface area contributed by atoms with Crippen LogP contribution < -0.4 is 0 Å². The molecule has 2 heterocycles. The molecule has 0 bridgehead atoms. The highest BCUT2D eigenvalue weighted by atomic mass is 16.5. The summed E-state index contributed by atoms with van der Waals surface area (Å²) in [5.41, 5.74) is 1.32. The molecule has 2 rings (SSSR count). The summed E-state index contributed by atoms with van der Waals surface area (Å²) in [5, 5.41) is 10.7. The van der Waals surface area contributed by atoms with E-state index in [1.165, 1.54) is 0 Å². The molecule has 84 valence electrons. The Morgan fingerprint density at radius 3 is 3.06 bits per heavy atom. The molecule has 1 N–H and O–H groups in total. The molecular weight excluding hydrogens is 208 g/mol. The number of nitrogens with one attached hydrogen (secondary N) is 1. The number of aromatic amines is 1. The summed E-state index contributed by atoms with van der Waals surface area (Å²) in [6, 6.07) is 3.46. The van der Waals surface area contributed by atoms with E-state index in [4.69, 9.17) is 4.74 Å². The number of hydrogen-bond acceptors (Lipinski definition) is 4. The first-order valence-electron chi connectivity index (χ1n) is 4.98. The first-order chi connectivity index (χ1) is 7.81. The maximum atomic E-state index is 11.5. The van der Waals surface area contributed by atoms with Crippen LogP contribution in [0.2, 0.25) is 0 Å². The van der Waals surface area contributed by atoms with Crippen molar-refractivity contribution in [2.45, 2.75) is 13.5 Å². The zero-order chi connectivity index (χ0) is 11.4. The van der Waals surface area contributed by atoms with Gasteiger partial charge in [-0.25, -0.2) is 4.79 Å². The second kappa shape index (κ2) is 4.61. The summed E-state index contributed by atoms with van der Waals surface area (Å²) in [6.45, 7) is 2.60. The molecule has 0 radical (unpaired) electrons. The van der Waals surface area contributed by atoms with E-state index in [1.54, 1.807) is 30.1 Å². The van der Waals surface area contributed by atoms with E-state index < -0.39 is 0 Å². The lowest BCUT2D eigenvalue weighted by Crippen LogP contribution is -2.14. The Labute approximate surface area is 92.2 Å². The molecule has 0 amide bonds. The first kappa shape index (κ1) is 10.4. The van der Waals surface area contributed by atoms with E-state index in [0.717, 1.165) is 5.69 Å². The van der Waals surface area contributed by atoms with Crippen LogP contribution in [0.15, 0.2) is 24.5 Å². The van der Waals surface area contributed by atoms with Gasteiger partial charge in [0.15, 0.2) is 0 Å². The summed E-state index contributed by atoms with van der Waals surface area (Å²) in [4.78, 5) is 11.5. The Morgan fingerprint density at radius 2 is 2.38 bits per heavy atom. The van der Waals surface area contributed by atoms with Gasteiger partial charge in [-0.1, -0.05) is 0 Å². The largest absolute Gasteiger partial charge is 0.461 e. The van der Waals surface area contributed by atoms with Crippen molar-refractivity contribution in [3.8, 4) is 0 Å². The van der Waals surface area contributed by atoms with Crippen LogP contribution in [0.3, 0.4) is 0 Å². The van der Waals surface area contributed by atoms with Gasteiger partial charge < -0.3 is 4.74 Å². The Bertz CT molecular complexity index is 461. The minimum atomic E-state index is -0.362. The second-order valence-electron chi connectivity index (χ2n) is 3.18. The van der Waals surface area contributed by atoms with Crippen molar-refractivity contribution < 1.29 is 9.53 Å². The number of hydrogen-bond donors (Lipinski definition) is 1. The predicted octanol–water partition coefficient (Wildman–Crippen LogP) is 0.831. The van der Waals surface area contributed by atoms with Gasteiger partial charge in [0.2, 0.25) is 0 Å². The number of nitrogens with zero attached hydrogens (tertiary/aromatic N) is 3. The Morgan fingerprint density at radius 1 is 1.50 bits per heavy atom. The van der Waals surface area contributed by atoms with Gasteiger partial charge in [0.25, 0.3) is 0 Å². The fourth-order valence-electron chi connectivity index (χ4n) is 1.37. The third kappa shape index (κ3) is 2.10. The van der Waals surface area contributed by atoms with E-state index in [2.05, 4.69) is 15.3 Å². The van der Waals surface area contributed by atoms with E-state index in [9.17, 15) is 4.79 Å². The molecule has 0 saturated heterocycles. The number of ether oxygens (including phenoxy) is 1. The van der Waals surface area contributed by atoms with Crippen molar-refractivity contribution in [2.75, 3.05) is 6.61 Å². The zero-order valence-electron chi connectivity index (χ0n) is 8.88. The molecule has 0 unspecified atom stereocenters. The minimum Gasteiger partial charge on any atom is -0.461 e. The van der Waals surface area contributed by atoms with Crippen LogP contribution in [0.5, 0.6) is 0 Å². The summed E-state index contributed by atoms with van der Waals surface area (Å²) in [7, 11) is 0. The van der Waals surface area contributed by atoms with Crippen LogP contribution in [0.1, 0.15) is 23.1 Å². The highest BCUT2D eigenvalue weighted by Gasteiger charge is 2.13. The topological polar surface area (TPSA) is 72.8 Å². The van der Waals surface area contributed by atoms with Gasteiger partial charge in [-0.2, -0.15) is 10.2 Å². The normalized spacial score (nSPS) is 10.3. The number of esters is 1. The van der Waals surface area contributed by atoms with Crippen molar-refractivity contribution in [1.82, 2.24) is 20.0 Å². The van der Waals surface area contributed by atoms with Gasteiger partial charge >= 0.3 is 5.97 Å². The van der Waals surface area contributed by atoms with Crippen LogP contribution in [-0.2, 0) is 11.3 Å². The molecule has 6 heteroatoms. The third-order valence-corrected chi connectivity index (χ3v) is 2.08. The SMILES string of the molecule is CCOC(=O)c1ccnn1Cc1ccn[nH]1. The molecule has 6 nitrogen and oxygen atoms in total. The predicted molar refractivity (Wildman–Crippen MR) is 55.9 cm³/mol. The van der Waals surface area contributed by atoms with E-state index >= 15 is 0 Å². The lowest BCUT2D eigenvalue weighted by Gasteiger charge is -2.05. The zero-order valence-corrected chi connectivity index (χ0v) is 8.88. The summed E-state index contributed by atoms with van der Waals surface area (Å²) in [6.07, 6.45) is 3.23. The molecule has 0 spiro atoms. The van der Waals surface area contributed by atoms with Gasteiger partial charge in [-0.05, 0) is 19.1 Å². The average molecular weight is 220 g/mol. The van der Waals surface area contributed by atoms with Crippen molar-refractivity contribution in [3.05, 3.63) is 35.9 Å². The van der Waals surface area contributed by atoms with Crippen molar-refractivity contribution in [3.63, 3.8) is 0 Å². The van der Waals surface area contributed by atoms with Gasteiger partial charge in [0.1, 0.15) is 5.69 Å². The third-order valence-electron chi connectivity index (χ3n) is 2.08. The highest BCUT2D eigenvalue weighted by Crippen LogP contribution is 2.04. The van der Waals surface area contributed by atoms with Crippen molar-refractivity contribution in [2.24, 2.45) is 0 Å². The summed E-state index contributed by atoms with van der Waals surface area (Å²) < 4.78 is 6.50. The smallest absolute Gasteiger partial charge is 0.356 e. The molecule has 2 aromatic heterocycles. The van der Waals surface area contributed by atoms with Crippen LogP contribution in [0, 0.1) is 0 Å². The molecular formula is C10H12N4O2. The van der Waals surface area contributed by atoms with Crippen molar-refractivity contribution in [1.29, 1.82) is 0 Å². The minimum absolute atomic E-state index is 0.355. The summed E-state index contributed by atoms with van der Waals surface area (Å²) >= 11 is 0. The number of aromatic nitrogens is 4. The Balaban J connectivity index is 2.16. The molecule has 0 aliphatic heterocycles. The van der Waals surface area contributed by atoms with Crippen LogP contribution in [0.25, 0.3) is 0 Å². The first-order valence-corrected chi connectivity index (χ1v) is 4.98. The highest BCUT2D eigenvalue weighted by molar-refractivity contribution is 5.87. The Hall–Kier alpha value is -2.11. The average Bonchev–Trinajstić information content (AvgIpc) is 2.90. The Kier molecular flexibility index (Phi) is 3.00. The summed E-state index contributed by atoms with van der Waals surface area (Å²) in [5.74, 6) is -0.362. The molecule has 16 heavy (non-hydrogen) atoms. The molecule has 0 saturated carbocycles. The van der Waals surface area contributed by atoms with E-state index in [0.29, 0.717) is 18.8 Å². The lowest BCUT2D eigenvalue weighted by molar-refractivity contribution is 0.0512. The number of carbonyl (C=O) groups is 1. The second-order valence-corrected chi connectivity index (χ2v) is 3.18. The molecule has 0 aliphatic rings. The molecule has 0 aromatic carbocycles. The maximum Gasteiger partial charge on any atom is 0.356 e. The van der Waals surface area contributed by atoms with Crippen LogP contribution in [0.4, 0.5) is 0 Å². The lowest BCUT2D eigenvalue weighted by atomic mass is 10.4. The van der Waals surface area contributed by atoms with Gasteiger partial charge in [-0.3, -0.25) is 9.78 Å². The van der Waals surface area contributed by atoms with Gasteiger partial charge in [0.05, 0.1) is 18.8 Å². The fourth-order valence-corrected chi connectivity index (χ4v) is 1.37. The quantitative estimate of drug-likeness (QED) is 0.774. The molecule has 2 aromatic rings. The van der Waals surface area contributed by atoms with Crippen molar-refractivity contribution >= 4 is 5.97 Å². The maximum absolute atomic E-state index is 11.5. The van der Waals surface area contributed by atoms with Crippen LogP contribution >= 0.6 is 0 Å².